The van der Waals surface area contributed by atoms with Gasteiger partial charge in [-0.25, -0.2) is 0 Å². The molecule has 0 saturated carbocycles. The van der Waals surface area contributed by atoms with E-state index in [4.69, 9.17) is 4.74 Å². The molecule has 114 valence electrons. The van der Waals surface area contributed by atoms with Gasteiger partial charge in [-0.2, -0.15) is 0 Å². The van der Waals surface area contributed by atoms with Crippen LogP contribution in [-0.2, 0) is 4.79 Å². The van der Waals surface area contributed by atoms with E-state index in [0.29, 0.717) is 6.54 Å². The van der Waals surface area contributed by atoms with Crippen LogP contribution < -0.4 is 10.1 Å². The molecule has 4 heteroatoms. The fourth-order valence-electron chi connectivity index (χ4n) is 1.96. The summed E-state index contributed by atoms with van der Waals surface area (Å²) in [5, 5.41) is 3.26. The number of rotatable bonds is 6. The van der Waals surface area contributed by atoms with Gasteiger partial charge >= 0.3 is 0 Å². The molecule has 0 saturated heterocycles. The van der Waals surface area contributed by atoms with Gasteiger partial charge in [0.1, 0.15) is 5.75 Å². The molecule has 0 aliphatic heterocycles. The molecule has 0 unspecified atom stereocenters. The van der Waals surface area contributed by atoms with Crippen molar-refractivity contribution < 1.29 is 9.53 Å². The number of halogens is 1. The summed E-state index contributed by atoms with van der Waals surface area (Å²) in [6.45, 7) is 2.06. The first kappa shape index (κ1) is 16.3. The molecular formula is C18H18BrNO2. The maximum absolute atomic E-state index is 11.8. The Bertz CT molecular complexity index is 678. The third-order valence-corrected chi connectivity index (χ3v) is 3.98. The van der Waals surface area contributed by atoms with Gasteiger partial charge in [-0.3, -0.25) is 4.79 Å². The Morgan fingerprint density at radius 3 is 2.45 bits per heavy atom. The SMILES string of the molecule is COc1ccc(NC/C(=C\c2ccccc2Br)C(C)=O)cc1. The van der Waals surface area contributed by atoms with Crippen LogP contribution in [0.1, 0.15) is 12.5 Å². The van der Waals surface area contributed by atoms with Crippen molar-refractivity contribution in [1.82, 2.24) is 0 Å². The van der Waals surface area contributed by atoms with Gasteiger partial charge < -0.3 is 10.1 Å². The number of ketones is 1. The molecule has 0 radical (unpaired) electrons. The second kappa shape index (κ2) is 7.80. The molecule has 2 aromatic carbocycles. The molecule has 0 fully saturated rings. The zero-order valence-corrected chi connectivity index (χ0v) is 14.2. The highest BCUT2D eigenvalue weighted by atomic mass is 79.9. The minimum atomic E-state index is 0.0526. The summed E-state index contributed by atoms with van der Waals surface area (Å²) < 4.78 is 6.10. The van der Waals surface area contributed by atoms with Gasteiger partial charge in [-0.15, -0.1) is 0 Å². The number of ether oxygens (including phenoxy) is 1. The minimum absolute atomic E-state index is 0.0526. The normalized spacial score (nSPS) is 11.1. The molecule has 3 nitrogen and oxygen atoms in total. The molecule has 22 heavy (non-hydrogen) atoms. The quantitative estimate of drug-likeness (QED) is 0.769. The van der Waals surface area contributed by atoms with E-state index >= 15 is 0 Å². The average Bonchev–Trinajstić information content (AvgIpc) is 2.53. The Morgan fingerprint density at radius 2 is 1.86 bits per heavy atom. The van der Waals surface area contributed by atoms with Gasteiger partial charge in [0.05, 0.1) is 7.11 Å². The second-order valence-corrected chi connectivity index (χ2v) is 5.68. The molecule has 1 N–H and O–H groups in total. The van der Waals surface area contributed by atoms with Crippen LogP contribution in [0.25, 0.3) is 6.08 Å². The van der Waals surface area contributed by atoms with Crippen LogP contribution in [0.2, 0.25) is 0 Å². The smallest absolute Gasteiger partial charge is 0.157 e. The molecule has 2 rings (SSSR count). The summed E-state index contributed by atoms with van der Waals surface area (Å²) in [6, 6.07) is 15.4. The van der Waals surface area contributed by atoms with Crippen LogP contribution in [0.4, 0.5) is 5.69 Å². The molecule has 0 aliphatic rings. The summed E-state index contributed by atoms with van der Waals surface area (Å²) in [5.41, 5.74) is 2.66. The zero-order valence-electron chi connectivity index (χ0n) is 12.6. The van der Waals surface area contributed by atoms with Crippen LogP contribution >= 0.6 is 15.9 Å². The Labute approximate surface area is 139 Å². The summed E-state index contributed by atoms with van der Waals surface area (Å²) in [4.78, 5) is 11.8. The van der Waals surface area contributed by atoms with Gasteiger partial charge in [-0.1, -0.05) is 34.1 Å². The number of anilines is 1. The predicted molar refractivity (Wildman–Crippen MR) is 94.3 cm³/mol. The predicted octanol–water partition coefficient (Wildman–Crippen LogP) is 4.54. The Kier molecular flexibility index (Phi) is 5.78. The largest absolute Gasteiger partial charge is 0.497 e. The van der Waals surface area contributed by atoms with Crippen molar-refractivity contribution in [3.63, 3.8) is 0 Å². The Balaban J connectivity index is 2.12. The van der Waals surface area contributed by atoms with E-state index in [1.807, 2.05) is 54.6 Å². The molecule has 2 aromatic rings. The van der Waals surface area contributed by atoms with Gasteiger partial charge in [0.2, 0.25) is 0 Å². The van der Waals surface area contributed by atoms with Crippen molar-refractivity contribution >= 4 is 33.5 Å². The van der Waals surface area contributed by atoms with Crippen molar-refractivity contribution in [2.75, 3.05) is 19.0 Å². The second-order valence-electron chi connectivity index (χ2n) is 4.83. The molecule has 0 bridgehead atoms. The Hall–Kier alpha value is -2.07. The van der Waals surface area contributed by atoms with Crippen LogP contribution in [0.3, 0.4) is 0 Å². The molecule has 0 spiro atoms. The fraction of sp³-hybridized carbons (Fsp3) is 0.167. The van der Waals surface area contributed by atoms with E-state index in [9.17, 15) is 4.79 Å². The molecule has 0 amide bonds. The van der Waals surface area contributed by atoms with Crippen LogP contribution in [0.5, 0.6) is 5.75 Å². The lowest BCUT2D eigenvalue weighted by molar-refractivity contribution is -0.113. The lowest BCUT2D eigenvalue weighted by Gasteiger charge is -2.09. The molecule has 0 atom stereocenters. The van der Waals surface area contributed by atoms with Crippen molar-refractivity contribution in [3.05, 3.63) is 64.1 Å². The lowest BCUT2D eigenvalue weighted by Crippen LogP contribution is -2.10. The summed E-state index contributed by atoms with van der Waals surface area (Å²) in [5.74, 6) is 0.859. The average molecular weight is 360 g/mol. The lowest BCUT2D eigenvalue weighted by atomic mass is 10.1. The number of benzene rings is 2. The molecule has 0 aliphatic carbocycles. The van der Waals surface area contributed by atoms with Gasteiger partial charge in [0.15, 0.2) is 5.78 Å². The number of carbonyl (C=O) groups excluding carboxylic acids is 1. The van der Waals surface area contributed by atoms with Gasteiger partial charge in [-0.05, 0) is 48.9 Å². The number of hydrogen-bond donors (Lipinski definition) is 1. The highest BCUT2D eigenvalue weighted by Gasteiger charge is 2.06. The number of methoxy groups -OCH3 is 1. The van der Waals surface area contributed by atoms with E-state index in [-0.39, 0.29) is 5.78 Å². The van der Waals surface area contributed by atoms with Crippen molar-refractivity contribution in [3.8, 4) is 5.75 Å². The number of nitrogens with one attached hydrogen (secondary N) is 1. The van der Waals surface area contributed by atoms with E-state index < -0.39 is 0 Å². The van der Waals surface area contributed by atoms with E-state index in [1.54, 1.807) is 14.0 Å². The van der Waals surface area contributed by atoms with Gasteiger partial charge in [0, 0.05) is 22.3 Å². The van der Waals surface area contributed by atoms with Crippen LogP contribution in [0, 0.1) is 0 Å². The standard InChI is InChI=1S/C18H18BrNO2/c1-13(21)15(11-14-5-3-4-6-18(14)19)12-20-16-7-9-17(22-2)10-8-16/h3-11,20H,12H2,1-2H3/b15-11+. The third-order valence-electron chi connectivity index (χ3n) is 3.26. The highest BCUT2D eigenvalue weighted by molar-refractivity contribution is 9.10. The summed E-state index contributed by atoms with van der Waals surface area (Å²) in [6.07, 6.45) is 1.91. The third kappa shape index (κ3) is 4.46. The first-order chi connectivity index (χ1) is 10.6. The van der Waals surface area contributed by atoms with Crippen molar-refractivity contribution in [2.24, 2.45) is 0 Å². The van der Waals surface area contributed by atoms with Crippen LogP contribution in [-0.4, -0.2) is 19.4 Å². The first-order valence-electron chi connectivity index (χ1n) is 6.94. The van der Waals surface area contributed by atoms with Crippen LogP contribution in [0.15, 0.2) is 58.6 Å². The van der Waals surface area contributed by atoms with Crippen molar-refractivity contribution in [2.45, 2.75) is 6.92 Å². The number of hydrogen-bond acceptors (Lipinski definition) is 3. The zero-order chi connectivity index (χ0) is 15.9. The summed E-state index contributed by atoms with van der Waals surface area (Å²) >= 11 is 3.50. The van der Waals surface area contributed by atoms with E-state index in [0.717, 1.165) is 27.0 Å². The Morgan fingerprint density at radius 1 is 1.18 bits per heavy atom. The maximum atomic E-state index is 11.8. The first-order valence-corrected chi connectivity index (χ1v) is 7.73. The number of Topliss-reactive ketones (excluding diaryl/α,β-unsaturated/α-hetero) is 1. The molecule has 0 heterocycles. The highest BCUT2D eigenvalue weighted by Crippen LogP contribution is 2.20. The maximum Gasteiger partial charge on any atom is 0.157 e. The van der Waals surface area contributed by atoms with E-state index in [1.165, 1.54) is 0 Å². The molecular weight excluding hydrogens is 342 g/mol. The van der Waals surface area contributed by atoms with Crippen molar-refractivity contribution in [1.29, 1.82) is 0 Å². The van der Waals surface area contributed by atoms with E-state index in [2.05, 4.69) is 21.2 Å². The topological polar surface area (TPSA) is 38.3 Å². The van der Waals surface area contributed by atoms with Gasteiger partial charge in [0.25, 0.3) is 0 Å². The molecule has 0 aromatic heterocycles. The fourth-order valence-corrected chi connectivity index (χ4v) is 2.36. The number of carbonyl (C=O) groups is 1. The minimum Gasteiger partial charge on any atom is -0.497 e. The monoisotopic (exact) mass is 359 g/mol. The summed E-state index contributed by atoms with van der Waals surface area (Å²) in [7, 11) is 1.64.